The van der Waals surface area contributed by atoms with Gasteiger partial charge in [-0.15, -0.1) is 0 Å². The Kier molecular flexibility index (Phi) is 3.65. The molecule has 0 aromatic carbocycles. The van der Waals surface area contributed by atoms with Gasteiger partial charge in [0.1, 0.15) is 0 Å². The van der Waals surface area contributed by atoms with Crippen molar-refractivity contribution >= 4 is 18.5 Å². The Bertz CT molecular complexity index is 515. The quantitative estimate of drug-likeness (QED) is 0.835. The zero-order chi connectivity index (χ0) is 15.1. The summed E-state index contributed by atoms with van der Waals surface area (Å²) in [6, 6.07) is 3.65. The molecule has 1 atom stereocenters. The maximum Gasteiger partial charge on any atom is 0.494 e. The minimum atomic E-state index is -0.457. The average molecular weight is 276 g/mol. The molecule has 0 radical (unpaired) electrons. The number of nitrogens with two attached hydrogens (primary N) is 1. The molecule has 0 bridgehead atoms. The summed E-state index contributed by atoms with van der Waals surface area (Å²) in [6.07, 6.45) is 1.65. The molecule has 20 heavy (non-hydrogen) atoms. The number of rotatable bonds is 3. The van der Waals surface area contributed by atoms with Crippen molar-refractivity contribution in [3.63, 3.8) is 0 Å². The molecular weight excluding hydrogens is 255 g/mol. The first-order valence-electron chi connectivity index (χ1n) is 6.75. The Morgan fingerprint density at radius 3 is 2.35 bits per heavy atom. The lowest BCUT2D eigenvalue weighted by Gasteiger charge is -2.32. The molecule has 1 aliphatic heterocycles. The summed E-state index contributed by atoms with van der Waals surface area (Å²) >= 11 is 0. The van der Waals surface area contributed by atoms with Crippen LogP contribution in [-0.2, 0) is 14.1 Å². The summed E-state index contributed by atoms with van der Waals surface area (Å²) in [6.45, 7) is 9.74. The second-order valence-corrected chi connectivity index (χ2v) is 6.23. The van der Waals surface area contributed by atoms with Crippen LogP contribution in [0.25, 0.3) is 0 Å². The number of hydrogen-bond acceptors (Lipinski definition) is 4. The minimum absolute atomic E-state index is 0.392. The number of amides is 1. The third-order valence-corrected chi connectivity index (χ3v) is 4.20. The molecular formula is C14H21BN2O3. The molecule has 108 valence electrons. The summed E-state index contributed by atoms with van der Waals surface area (Å²) in [5.74, 6) is -0.832. The fraction of sp³-hybridized carbons (Fsp3) is 0.571. The van der Waals surface area contributed by atoms with Crippen molar-refractivity contribution in [2.24, 2.45) is 5.73 Å². The highest BCUT2D eigenvalue weighted by molar-refractivity contribution is 6.62. The second-order valence-electron chi connectivity index (χ2n) is 6.23. The molecule has 2 N–H and O–H groups in total. The van der Waals surface area contributed by atoms with Crippen molar-refractivity contribution in [2.75, 3.05) is 0 Å². The normalized spacial score (nSPS) is 21.8. The highest BCUT2D eigenvalue weighted by Gasteiger charge is 2.51. The van der Waals surface area contributed by atoms with Gasteiger partial charge in [-0.1, -0.05) is 0 Å². The van der Waals surface area contributed by atoms with Gasteiger partial charge in [-0.25, -0.2) is 0 Å². The Labute approximate surface area is 120 Å². The SMILES string of the molecule is CC(C(N)=O)c1cc(B2OC(C)(C)C(C)(C)O2)ccn1. The lowest BCUT2D eigenvalue weighted by Crippen LogP contribution is -2.41. The van der Waals surface area contributed by atoms with Gasteiger partial charge in [0.2, 0.25) is 5.91 Å². The predicted molar refractivity (Wildman–Crippen MR) is 77.6 cm³/mol. The van der Waals surface area contributed by atoms with E-state index in [4.69, 9.17) is 15.0 Å². The zero-order valence-electron chi connectivity index (χ0n) is 12.6. The van der Waals surface area contributed by atoms with Crippen molar-refractivity contribution in [1.29, 1.82) is 0 Å². The van der Waals surface area contributed by atoms with Gasteiger partial charge in [0.25, 0.3) is 0 Å². The first-order chi connectivity index (χ1) is 9.14. The molecule has 5 nitrogen and oxygen atoms in total. The van der Waals surface area contributed by atoms with Gasteiger partial charge in [-0.05, 0) is 52.2 Å². The molecule has 1 fully saturated rings. The average Bonchev–Trinajstić information content (AvgIpc) is 2.57. The second kappa shape index (κ2) is 4.86. The molecule has 1 amide bonds. The van der Waals surface area contributed by atoms with Gasteiger partial charge in [-0.2, -0.15) is 0 Å². The van der Waals surface area contributed by atoms with Gasteiger partial charge in [-0.3, -0.25) is 9.78 Å². The Morgan fingerprint density at radius 1 is 1.30 bits per heavy atom. The fourth-order valence-corrected chi connectivity index (χ4v) is 1.97. The number of carbonyl (C=O) groups excluding carboxylic acids is 1. The van der Waals surface area contributed by atoms with E-state index in [1.807, 2.05) is 39.8 Å². The highest BCUT2D eigenvalue weighted by Crippen LogP contribution is 2.36. The van der Waals surface area contributed by atoms with Crippen LogP contribution in [-0.4, -0.2) is 29.2 Å². The van der Waals surface area contributed by atoms with Crippen molar-refractivity contribution in [1.82, 2.24) is 4.98 Å². The molecule has 6 heteroatoms. The molecule has 0 saturated carbocycles. The highest BCUT2D eigenvalue weighted by atomic mass is 16.7. The van der Waals surface area contributed by atoms with E-state index in [-0.39, 0.29) is 0 Å². The monoisotopic (exact) mass is 276 g/mol. The fourth-order valence-electron chi connectivity index (χ4n) is 1.97. The van der Waals surface area contributed by atoms with Crippen LogP contribution < -0.4 is 11.2 Å². The van der Waals surface area contributed by atoms with Crippen LogP contribution in [0, 0.1) is 0 Å². The van der Waals surface area contributed by atoms with E-state index in [0.717, 1.165) is 5.46 Å². The van der Waals surface area contributed by atoms with Crippen LogP contribution in [0.1, 0.15) is 46.2 Å². The lowest BCUT2D eigenvalue weighted by atomic mass is 9.79. The smallest absolute Gasteiger partial charge is 0.399 e. The van der Waals surface area contributed by atoms with Crippen LogP contribution in [0.15, 0.2) is 18.3 Å². The molecule has 1 saturated heterocycles. The van der Waals surface area contributed by atoms with Gasteiger partial charge >= 0.3 is 7.12 Å². The lowest BCUT2D eigenvalue weighted by molar-refractivity contribution is -0.119. The topological polar surface area (TPSA) is 74.4 Å². The van der Waals surface area contributed by atoms with Gasteiger partial charge < -0.3 is 15.0 Å². The van der Waals surface area contributed by atoms with Crippen LogP contribution in [0.4, 0.5) is 0 Å². The van der Waals surface area contributed by atoms with E-state index in [0.29, 0.717) is 5.69 Å². The Morgan fingerprint density at radius 2 is 1.85 bits per heavy atom. The maximum absolute atomic E-state index is 11.3. The van der Waals surface area contributed by atoms with Crippen molar-refractivity contribution in [3.05, 3.63) is 24.0 Å². The number of aromatic nitrogens is 1. The maximum atomic E-state index is 11.3. The van der Waals surface area contributed by atoms with Crippen LogP contribution in [0.3, 0.4) is 0 Å². The molecule has 2 rings (SSSR count). The molecule has 1 aromatic rings. The van der Waals surface area contributed by atoms with Gasteiger partial charge in [0.15, 0.2) is 0 Å². The van der Waals surface area contributed by atoms with Gasteiger partial charge in [0.05, 0.1) is 22.8 Å². The number of carbonyl (C=O) groups is 1. The van der Waals surface area contributed by atoms with E-state index in [1.165, 1.54) is 0 Å². The summed E-state index contributed by atoms with van der Waals surface area (Å²) in [5.41, 5.74) is 6.01. The molecule has 0 aliphatic carbocycles. The van der Waals surface area contributed by atoms with E-state index >= 15 is 0 Å². The third-order valence-electron chi connectivity index (χ3n) is 4.20. The number of primary amides is 1. The molecule has 2 heterocycles. The van der Waals surface area contributed by atoms with Crippen molar-refractivity contribution in [2.45, 2.75) is 51.7 Å². The van der Waals surface area contributed by atoms with Crippen molar-refractivity contribution < 1.29 is 14.1 Å². The number of hydrogen-bond donors (Lipinski definition) is 1. The largest absolute Gasteiger partial charge is 0.494 e. The van der Waals surface area contributed by atoms with Crippen LogP contribution in [0.2, 0.25) is 0 Å². The standard InChI is InChI=1S/C14H21BN2O3/c1-9(12(16)18)11-8-10(6-7-17-11)15-19-13(2,3)14(4,5)20-15/h6-9H,1-5H3,(H2,16,18). The third kappa shape index (κ3) is 2.58. The first-order valence-corrected chi connectivity index (χ1v) is 6.75. The Balaban J connectivity index is 2.28. The number of pyridine rings is 1. The molecule has 1 aliphatic rings. The van der Waals surface area contributed by atoms with Crippen LogP contribution in [0.5, 0.6) is 0 Å². The van der Waals surface area contributed by atoms with E-state index in [9.17, 15) is 4.79 Å². The van der Waals surface area contributed by atoms with E-state index in [2.05, 4.69) is 4.98 Å². The molecule has 1 aromatic heterocycles. The van der Waals surface area contributed by atoms with E-state index < -0.39 is 30.1 Å². The summed E-state index contributed by atoms with van der Waals surface area (Å²) in [7, 11) is -0.457. The predicted octanol–water partition coefficient (Wildman–Crippen LogP) is 0.970. The van der Waals surface area contributed by atoms with Crippen LogP contribution >= 0.6 is 0 Å². The first kappa shape index (κ1) is 15.0. The number of nitrogens with zero attached hydrogens (tertiary/aromatic N) is 1. The van der Waals surface area contributed by atoms with E-state index in [1.54, 1.807) is 13.1 Å². The minimum Gasteiger partial charge on any atom is -0.399 e. The summed E-state index contributed by atoms with van der Waals surface area (Å²) in [5, 5.41) is 0. The summed E-state index contributed by atoms with van der Waals surface area (Å²) in [4.78, 5) is 15.5. The van der Waals surface area contributed by atoms with Crippen molar-refractivity contribution in [3.8, 4) is 0 Å². The summed E-state index contributed by atoms with van der Waals surface area (Å²) < 4.78 is 12.0. The molecule has 1 unspecified atom stereocenters. The zero-order valence-corrected chi connectivity index (χ0v) is 12.6. The Hall–Kier alpha value is -1.40. The molecule has 0 spiro atoms. The van der Waals surface area contributed by atoms with Gasteiger partial charge in [0, 0.05) is 6.20 Å².